The van der Waals surface area contributed by atoms with Crippen LogP contribution in [0.25, 0.3) is 11.0 Å². The standard InChI is InChI=1S/C16H14Br2N4O2S/c17-10-1-4-15(14(18)6-10)25(23,24)22-11-2-3-12-9(5-11)7-19-16-13(12)8-20-21-16/h1,4,6-8,11,22H,2-3,5H2,(H,19,20,21). The maximum absolute atomic E-state index is 12.7. The van der Waals surface area contributed by atoms with Crippen LogP contribution in [0.15, 0.2) is 44.4 Å². The molecule has 0 amide bonds. The maximum Gasteiger partial charge on any atom is 0.241 e. The van der Waals surface area contributed by atoms with Gasteiger partial charge in [-0.15, -0.1) is 0 Å². The van der Waals surface area contributed by atoms with Crippen LogP contribution in [0, 0.1) is 0 Å². The molecule has 2 N–H and O–H groups in total. The highest BCUT2D eigenvalue weighted by molar-refractivity contribution is 9.11. The molecule has 4 rings (SSSR count). The van der Waals surface area contributed by atoms with E-state index in [1.165, 1.54) is 5.56 Å². The Hall–Kier alpha value is -1.29. The number of halogens is 2. The highest BCUT2D eigenvalue weighted by Crippen LogP contribution is 2.29. The largest absolute Gasteiger partial charge is 0.261 e. The molecule has 1 atom stereocenters. The average Bonchev–Trinajstić information content (AvgIpc) is 3.02. The molecule has 2 aromatic heterocycles. The molecule has 6 nitrogen and oxygen atoms in total. The Kier molecular flexibility index (Phi) is 4.43. The van der Waals surface area contributed by atoms with E-state index in [4.69, 9.17) is 0 Å². The number of rotatable bonds is 3. The molecule has 1 aliphatic rings. The zero-order valence-corrected chi connectivity index (χ0v) is 16.9. The number of hydrogen-bond acceptors (Lipinski definition) is 4. The predicted octanol–water partition coefficient (Wildman–Crippen LogP) is 3.32. The number of nitrogens with one attached hydrogen (secondary N) is 2. The first-order valence-corrected chi connectivity index (χ1v) is 10.8. The number of aromatic nitrogens is 3. The van der Waals surface area contributed by atoms with Crippen molar-refractivity contribution in [1.82, 2.24) is 19.9 Å². The van der Waals surface area contributed by atoms with Crippen molar-refractivity contribution in [3.63, 3.8) is 0 Å². The van der Waals surface area contributed by atoms with E-state index >= 15 is 0 Å². The number of sulfonamides is 1. The predicted molar refractivity (Wildman–Crippen MR) is 102 cm³/mol. The Morgan fingerprint density at radius 1 is 1.24 bits per heavy atom. The Morgan fingerprint density at radius 2 is 2.08 bits per heavy atom. The number of aromatic amines is 1. The molecule has 0 saturated carbocycles. The fraction of sp³-hybridized carbons (Fsp3) is 0.250. The van der Waals surface area contributed by atoms with Crippen molar-refractivity contribution in [3.05, 3.63) is 50.7 Å². The van der Waals surface area contributed by atoms with E-state index in [9.17, 15) is 8.42 Å². The van der Waals surface area contributed by atoms with Crippen molar-refractivity contribution in [3.8, 4) is 0 Å². The summed E-state index contributed by atoms with van der Waals surface area (Å²) in [6.45, 7) is 0. The summed E-state index contributed by atoms with van der Waals surface area (Å²) in [6.07, 6.45) is 5.75. The van der Waals surface area contributed by atoms with E-state index in [1.807, 2.05) is 6.20 Å². The van der Waals surface area contributed by atoms with Crippen LogP contribution in [-0.4, -0.2) is 29.6 Å². The number of nitrogens with zero attached hydrogens (tertiary/aromatic N) is 2. The lowest BCUT2D eigenvalue weighted by Gasteiger charge is -2.25. The summed E-state index contributed by atoms with van der Waals surface area (Å²) in [4.78, 5) is 4.60. The van der Waals surface area contributed by atoms with Gasteiger partial charge in [-0.05, 0) is 64.5 Å². The molecule has 0 spiro atoms. The number of hydrogen-bond donors (Lipinski definition) is 2. The van der Waals surface area contributed by atoms with Gasteiger partial charge in [0.05, 0.1) is 11.1 Å². The highest BCUT2D eigenvalue weighted by Gasteiger charge is 2.27. The van der Waals surface area contributed by atoms with Crippen molar-refractivity contribution in [2.75, 3.05) is 0 Å². The summed E-state index contributed by atoms with van der Waals surface area (Å²) in [6, 6.07) is 4.88. The summed E-state index contributed by atoms with van der Waals surface area (Å²) >= 11 is 6.66. The minimum Gasteiger partial charge on any atom is -0.261 e. The Labute approximate surface area is 161 Å². The van der Waals surface area contributed by atoms with Gasteiger partial charge in [0.15, 0.2) is 5.65 Å². The van der Waals surface area contributed by atoms with Crippen LogP contribution >= 0.6 is 31.9 Å². The lowest BCUT2D eigenvalue weighted by molar-refractivity contribution is 0.508. The van der Waals surface area contributed by atoms with Gasteiger partial charge in [0.1, 0.15) is 0 Å². The molecule has 0 saturated heterocycles. The third-order valence-corrected chi connectivity index (χ3v) is 7.39. The summed E-state index contributed by atoms with van der Waals surface area (Å²) in [5.41, 5.74) is 3.05. The molecule has 1 aliphatic carbocycles. The summed E-state index contributed by atoms with van der Waals surface area (Å²) in [7, 11) is -3.60. The second kappa shape index (κ2) is 6.46. The number of benzene rings is 1. The molecule has 25 heavy (non-hydrogen) atoms. The zero-order chi connectivity index (χ0) is 17.6. The van der Waals surface area contributed by atoms with Gasteiger partial charge in [0.2, 0.25) is 10.0 Å². The molecule has 0 fully saturated rings. The molecular formula is C16H14Br2N4O2S. The first kappa shape index (κ1) is 17.1. The van der Waals surface area contributed by atoms with Crippen LogP contribution in [0.3, 0.4) is 0 Å². The number of H-pyrrole nitrogens is 1. The molecule has 1 aromatic carbocycles. The molecule has 3 aromatic rings. The summed E-state index contributed by atoms with van der Waals surface area (Å²) < 4.78 is 29.6. The molecule has 9 heteroatoms. The van der Waals surface area contributed by atoms with Gasteiger partial charge in [-0.2, -0.15) is 5.10 Å². The average molecular weight is 486 g/mol. The smallest absolute Gasteiger partial charge is 0.241 e. The number of fused-ring (bicyclic) bond motifs is 3. The maximum atomic E-state index is 12.7. The summed E-state index contributed by atoms with van der Waals surface area (Å²) in [5, 5.41) is 7.93. The Balaban J connectivity index is 1.59. The quantitative estimate of drug-likeness (QED) is 0.595. The van der Waals surface area contributed by atoms with Gasteiger partial charge < -0.3 is 0 Å². The normalized spacial score (nSPS) is 17.6. The van der Waals surface area contributed by atoms with Crippen LogP contribution in [0.4, 0.5) is 0 Å². The third kappa shape index (κ3) is 3.25. The molecule has 1 unspecified atom stereocenters. The summed E-state index contributed by atoms with van der Waals surface area (Å²) in [5.74, 6) is 0. The van der Waals surface area contributed by atoms with E-state index in [2.05, 4.69) is 51.8 Å². The number of aryl methyl sites for hydroxylation is 1. The van der Waals surface area contributed by atoms with Gasteiger partial charge in [-0.3, -0.25) is 5.10 Å². The van der Waals surface area contributed by atoms with Crippen LogP contribution in [-0.2, 0) is 22.9 Å². The van der Waals surface area contributed by atoms with Gasteiger partial charge in [-0.1, -0.05) is 15.9 Å². The molecule has 0 radical (unpaired) electrons. The fourth-order valence-electron chi connectivity index (χ4n) is 3.23. The van der Waals surface area contributed by atoms with Crippen molar-refractivity contribution in [2.45, 2.75) is 30.2 Å². The van der Waals surface area contributed by atoms with E-state index < -0.39 is 10.0 Å². The van der Waals surface area contributed by atoms with Gasteiger partial charge >= 0.3 is 0 Å². The zero-order valence-electron chi connectivity index (χ0n) is 13.0. The van der Waals surface area contributed by atoms with E-state index in [0.29, 0.717) is 10.9 Å². The van der Waals surface area contributed by atoms with Crippen molar-refractivity contribution in [1.29, 1.82) is 0 Å². The van der Waals surface area contributed by atoms with Crippen LogP contribution in [0.2, 0.25) is 0 Å². The lowest BCUT2D eigenvalue weighted by atomic mass is 9.88. The minimum atomic E-state index is -3.60. The van der Waals surface area contributed by atoms with E-state index in [0.717, 1.165) is 33.9 Å². The molecule has 130 valence electrons. The van der Waals surface area contributed by atoms with Gasteiger partial charge in [0.25, 0.3) is 0 Å². The van der Waals surface area contributed by atoms with Gasteiger partial charge in [-0.25, -0.2) is 18.1 Å². The second-order valence-electron chi connectivity index (χ2n) is 6.03. The van der Waals surface area contributed by atoms with Crippen LogP contribution in [0.1, 0.15) is 17.5 Å². The Morgan fingerprint density at radius 3 is 2.88 bits per heavy atom. The van der Waals surface area contributed by atoms with Crippen molar-refractivity contribution in [2.24, 2.45) is 0 Å². The van der Waals surface area contributed by atoms with Crippen molar-refractivity contribution < 1.29 is 8.42 Å². The SMILES string of the molecule is O=S(=O)(NC1CCc2c(cnc3[nH]ncc23)C1)c1ccc(Br)cc1Br. The molecule has 0 bridgehead atoms. The van der Waals surface area contributed by atoms with E-state index in [-0.39, 0.29) is 10.9 Å². The fourth-order valence-corrected chi connectivity index (χ4v) is 6.24. The topological polar surface area (TPSA) is 87.7 Å². The highest BCUT2D eigenvalue weighted by atomic mass is 79.9. The van der Waals surface area contributed by atoms with Crippen molar-refractivity contribution >= 4 is 52.9 Å². The van der Waals surface area contributed by atoms with E-state index in [1.54, 1.807) is 24.4 Å². The molecule has 0 aliphatic heterocycles. The molecular weight excluding hydrogens is 472 g/mol. The van der Waals surface area contributed by atoms with Gasteiger partial charge in [0, 0.05) is 26.6 Å². The first-order valence-electron chi connectivity index (χ1n) is 7.71. The monoisotopic (exact) mass is 484 g/mol. The second-order valence-corrected chi connectivity index (χ2v) is 9.48. The Bertz CT molecular complexity index is 1070. The third-order valence-electron chi connectivity index (χ3n) is 4.40. The van der Waals surface area contributed by atoms with Crippen LogP contribution < -0.4 is 4.72 Å². The lowest BCUT2D eigenvalue weighted by Crippen LogP contribution is -2.39. The molecule has 2 heterocycles. The minimum absolute atomic E-state index is 0.154. The number of pyridine rings is 1. The van der Waals surface area contributed by atoms with Crippen LogP contribution in [0.5, 0.6) is 0 Å². The first-order chi connectivity index (χ1) is 11.9.